The van der Waals surface area contributed by atoms with Crippen LogP contribution in [0.4, 0.5) is 10.1 Å². The molecule has 0 aliphatic heterocycles. The van der Waals surface area contributed by atoms with Gasteiger partial charge in [0, 0.05) is 29.1 Å². The van der Waals surface area contributed by atoms with Crippen molar-refractivity contribution in [2.24, 2.45) is 0 Å². The number of anilines is 1. The average molecular weight is 233 g/mol. The van der Waals surface area contributed by atoms with E-state index in [-0.39, 0.29) is 5.82 Å². The molecule has 90 valence electrons. The summed E-state index contributed by atoms with van der Waals surface area (Å²) in [5, 5.41) is 4.38. The summed E-state index contributed by atoms with van der Waals surface area (Å²) in [6.07, 6.45) is 0. The van der Waals surface area contributed by atoms with Gasteiger partial charge in [0.1, 0.15) is 5.82 Å². The molecule has 2 N–H and O–H groups in total. The molecule has 1 aromatic carbocycles. The number of aryl methyl sites for hydroxylation is 2. The molecule has 0 radical (unpaired) electrons. The number of nitrogens with zero attached hydrogens (tertiary/aromatic N) is 2. The maximum atomic E-state index is 13.8. The minimum absolute atomic E-state index is 0.263. The Morgan fingerprint density at radius 3 is 2.65 bits per heavy atom. The molecule has 0 unspecified atom stereocenters. The first-order valence-electron chi connectivity index (χ1n) is 5.64. The van der Waals surface area contributed by atoms with Gasteiger partial charge in [0.2, 0.25) is 0 Å². The van der Waals surface area contributed by atoms with Gasteiger partial charge < -0.3 is 5.73 Å². The van der Waals surface area contributed by atoms with Crippen molar-refractivity contribution in [3.05, 3.63) is 35.4 Å². The fraction of sp³-hybridized carbons (Fsp3) is 0.308. The molecule has 0 amide bonds. The zero-order valence-electron chi connectivity index (χ0n) is 10.3. The van der Waals surface area contributed by atoms with Crippen LogP contribution in [0.5, 0.6) is 0 Å². The van der Waals surface area contributed by atoms with E-state index >= 15 is 0 Å². The Bertz CT molecular complexity index is 558. The van der Waals surface area contributed by atoms with Gasteiger partial charge in [-0.15, -0.1) is 0 Å². The molecule has 0 fully saturated rings. The highest BCUT2D eigenvalue weighted by molar-refractivity contribution is 5.72. The van der Waals surface area contributed by atoms with Crippen LogP contribution in [0.3, 0.4) is 0 Å². The van der Waals surface area contributed by atoms with E-state index in [4.69, 9.17) is 5.73 Å². The van der Waals surface area contributed by atoms with Crippen LogP contribution in [0, 0.1) is 19.7 Å². The minimum Gasteiger partial charge on any atom is -0.399 e. The maximum absolute atomic E-state index is 13.8. The molecule has 0 aliphatic carbocycles. The van der Waals surface area contributed by atoms with Gasteiger partial charge in [0.25, 0.3) is 0 Å². The Balaban J connectivity index is 2.68. The first kappa shape index (κ1) is 11.6. The first-order valence-corrected chi connectivity index (χ1v) is 5.64. The van der Waals surface area contributed by atoms with E-state index in [0.29, 0.717) is 11.3 Å². The lowest BCUT2D eigenvalue weighted by Crippen LogP contribution is -1.99. The molecule has 0 bridgehead atoms. The number of benzene rings is 1. The van der Waals surface area contributed by atoms with Gasteiger partial charge in [-0.3, -0.25) is 4.68 Å². The molecule has 3 nitrogen and oxygen atoms in total. The van der Waals surface area contributed by atoms with Crippen LogP contribution >= 0.6 is 0 Å². The van der Waals surface area contributed by atoms with Crippen molar-refractivity contribution < 1.29 is 4.39 Å². The Labute approximate surface area is 100 Å². The van der Waals surface area contributed by atoms with Crippen LogP contribution < -0.4 is 5.73 Å². The number of aromatic nitrogens is 2. The standard InChI is InChI=1S/C13H16FN3/c1-4-17-9(3)13(8(2)16-17)11-7-10(15)5-6-12(11)14/h5-7H,4,15H2,1-3H3. The molecule has 0 aliphatic rings. The van der Waals surface area contributed by atoms with Crippen molar-refractivity contribution in [3.8, 4) is 11.1 Å². The van der Waals surface area contributed by atoms with E-state index in [1.165, 1.54) is 6.07 Å². The summed E-state index contributed by atoms with van der Waals surface area (Å²) in [6, 6.07) is 4.62. The lowest BCUT2D eigenvalue weighted by atomic mass is 10.0. The van der Waals surface area contributed by atoms with Crippen LogP contribution in [0.1, 0.15) is 18.3 Å². The molecular weight excluding hydrogens is 217 g/mol. The second-order valence-corrected chi connectivity index (χ2v) is 4.10. The number of hydrogen-bond acceptors (Lipinski definition) is 2. The summed E-state index contributed by atoms with van der Waals surface area (Å²) in [5.74, 6) is -0.263. The summed E-state index contributed by atoms with van der Waals surface area (Å²) in [7, 11) is 0. The molecule has 2 rings (SSSR count). The smallest absolute Gasteiger partial charge is 0.131 e. The van der Waals surface area contributed by atoms with Crippen LogP contribution in [-0.4, -0.2) is 9.78 Å². The summed E-state index contributed by atoms with van der Waals surface area (Å²) in [6.45, 7) is 6.62. The van der Waals surface area contributed by atoms with Crippen molar-refractivity contribution in [1.82, 2.24) is 9.78 Å². The lowest BCUT2D eigenvalue weighted by Gasteiger charge is -2.06. The SMILES string of the molecule is CCn1nc(C)c(-c2cc(N)ccc2F)c1C. The topological polar surface area (TPSA) is 43.8 Å². The fourth-order valence-electron chi connectivity index (χ4n) is 2.13. The van der Waals surface area contributed by atoms with E-state index < -0.39 is 0 Å². The summed E-state index contributed by atoms with van der Waals surface area (Å²) in [5.41, 5.74) is 9.44. The Morgan fingerprint density at radius 2 is 2.06 bits per heavy atom. The molecule has 1 heterocycles. The van der Waals surface area contributed by atoms with Gasteiger partial charge in [-0.25, -0.2) is 4.39 Å². The number of hydrogen-bond donors (Lipinski definition) is 1. The second kappa shape index (κ2) is 4.20. The predicted octanol–water partition coefficient (Wildman–Crippen LogP) is 2.91. The number of halogens is 1. The van der Waals surface area contributed by atoms with Crippen LogP contribution in [0.25, 0.3) is 11.1 Å². The largest absolute Gasteiger partial charge is 0.399 e. The monoisotopic (exact) mass is 233 g/mol. The van der Waals surface area contributed by atoms with Gasteiger partial charge in [-0.2, -0.15) is 5.10 Å². The minimum atomic E-state index is -0.263. The summed E-state index contributed by atoms with van der Waals surface area (Å²) >= 11 is 0. The predicted molar refractivity (Wildman–Crippen MR) is 67.2 cm³/mol. The normalized spacial score (nSPS) is 10.8. The molecule has 0 saturated carbocycles. The zero-order valence-corrected chi connectivity index (χ0v) is 10.3. The maximum Gasteiger partial charge on any atom is 0.131 e. The van der Waals surface area contributed by atoms with Gasteiger partial charge in [0.05, 0.1) is 5.69 Å². The molecule has 0 spiro atoms. The lowest BCUT2D eigenvalue weighted by molar-refractivity contribution is 0.629. The van der Waals surface area contributed by atoms with Crippen LogP contribution in [0.2, 0.25) is 0 Å². The van der Waals surface area contributed by atoms with E-state index in [2.05, 4.69) is 5.10 Å². The molecule has 0 atom stereocenters. The highest BCUT2D eigenvalue weighted by Gasteiger charge is 2.16. The average Bonchev–Trinajstić information content (AvgIpc) is 2.58. The van der Waals surface area contributed by atoms with Crippen molar-refractivity contribution in [1.29, 1.82) is 0 Å². The zero-order chi connectivity index (χ0) is 12.6. The van der Waals surface area contributed by atoms with Gasteiger partial charge in [-0.05, 0) is 39.0 Å². The van der Waals surface area contributed by atoms with Crippen molar-refractivity contribution in [3.63, 3.8) is 0 Å². The Morgan fingerprint density at radius 1 is 1.35 bits per heavy atom. The third-order valence-electron chi connectivity index (χ3n) is 2.94. The van der Waals surface area contributed by atoms with Crippen molar-refractivity contribution in [2.45, 2.75) is 27.3 Å². The summed E-state index contributed by atoms with van der Waals surface area (Å²) < 4.78 is 15.7. The van der Waals surface area contributed by atoms with E-state index in [9.17, 15) is 4.39 Å². The molecule has 17 heavy (non-hydrogen) atoms. The highest BCUT2D eigenvalue weighted by Crippen LogP contribution is 2.30. The van der Waals surface area contributed by atoms with Gasteiger partial charge in [0.15, 0.2) is 0 Å². The summed E-state index contributed by atoms with van der Waals surface area (Å²) in [4.78, 5) is 0. The van der Waals surface area contributed by atoms with Crippen molar-refractivity contribution >= 4 is 5.69 Å². The van der Waals surface area contributed by atoms with E-state index in [1.807, 2.05) is 25.5 Å². The number of nitrogen functional groups attached to an aromatic ring is 1. The molecule has 1 aromatic heterocycles. The number of nitrogens with two attached hydrogens (primary N) is 1. The van der Waals surface area contributed by atoms with Gasteiger partial charge >= 0.3 is 0 Å². The first-order chi connectivity index (χ1) is 8.04. The molecule has 0 saturated heterocycles. The van der Waals surface area contributed by atoms with Crippen LogP contribution in [-0.2, 0) is 6.54 Å². The third kappa shape index (κ3) is 1.90. The Hall–Kier alpha value is -1.84. The molecular formula is C13H16FN3. The highest BCUT2D eigenvalue weighted by atomic mass is 19.1. The fourth-order valence-corrected chi connectivity index (χ4v) is 2.13. The van der Waals surface area contributed by atoms with E-state index in [1.54, 1.807) is 12.1 Å². The number of rotatable bonds is 2. The van der Waals surface area contributed by atoms with E-state index in [0.717, 1.165) is 23.5 Å². The molecule has 2 aromatic rings. The van der Waals surface area contributed by atoms with Gasteiger partial charge in [-0.1, -0.05) is 0 Å². The second-order valence-electron chi connectivity index (χ2n) is 4.10. The third-order valence-corrected chi connectivity index (χ3v) is 2.94. The molecule has 4 heteroatoms. The van der Waals surface area contributed by atoms with Crippen LogP contribution in [0.15, 0.2) is 18.2 Å². The Kier molecular flexibility index (Phi) is 2.88. The quantitative estimate of drug-likeness (QED) is 0.810. The van der Waals surface area contributed by atoms with Crippen molar-refractivity contribution in [2.75, 3.05) is 5.73 Å².